The topological polar surface area (TPSA) is 105 Å². The van der Waals surface area contributed by atoms with Gasteiger partial charge in [-0.2, -0.15) is 5.10 Å². The van der Waals surface area contributed by atoms with E-state index in [9.17, 15) is 19.7 Å². The van der Waals surface area contributed by atoms with Crippen LogP contribution in [0.1, 0.15) is 50.6 Å². The molecule has 30 heavy (non-hydrogen) atoms. The van der Waals surface area contributed by atoms with Crippen LogP contribution in [0.4, 0.5) is 5.69 Å². The maximum Gasteiger partial charge on any atom is 0.358 e. The van der Waals surface area contributed by atoms with Crippen molar-refractivity contribution in [3.63, 3.8) is 0 Å². The molecule has 0 saturated heterocycles. The quantitative estimate of drug-likeness (QED) is 0.477. The van der Waals surface area contributed by atoms with Gasteiger partial charge in [0.05, 0.1) is 16.8 Å². The molecule has 0 spiro atoms. The second-order valence-electron chi connectivity index (χ2n) is 7.96. The van der Waals surface area contributed by atoms with E-state index in [1.807, 2.05) is 30.3 Å². The monoisotopic (exact) mass is 407 g/mol. The van der Waals surface area contributed by atoms with Crippen molar-refractivity contribution in [3.8, 4) is 16.9 Å². The Morgan fingerprint density at radius 2 is 1.60 bits per heavy atom. The Labute approximate surface area is 171 Å². The molecule has 1 aromatic carbocycles. The summed E-state index contributed by atoms with van der Waals surface area (Å²) < 4.78 is 4.19. The van der Waals surface area contributed by atoms with Crippen LogP contribution in [0.25, 0.3) is 16.9 Å². The Hall–Kier alpha value is -3.49. The average molecular weight is 407 g/mol. The van der Waals surface area contributed by atoms with E-state index >= 15 is 0 Å². The molecule has 0 amide bonds. The van der Waals surface area contributed by atoms with Crippen LogP contribution in [-0.4, -0.2) is 23.8 Å². The smallest absolute Gasteiger partial charge is 0.284 e. The lowest BCUT2D eigenvalue weighted by Gasteiger charge is -2.32. The lowest BCUT2D eigenvalue weighted by molar-refractivity contribution is -0.386. The molecule has 2 aliphatic carbocycles. The Morgan fingerprint density at radius 3 is 2.17 bits per heavy atom. The number of hydrogen-bond donors (Lipinski definition) is 0. The number of aromatic nitrogens is 4. The molecule has 2 aromatic heterocycles. The molecule has 9 heteroatoms. The highest BCUT2D eigenvalue weighted by Gasteiger charge is 2.37. The summed E-state index contributed by atoms with van der Waals surface area (Å²) >= 11 is 0. The van der Waals surface area contributed by atoms with Gasteiger partial charge in [-0.15, -0.1) is 0 Å². The molecule has 2 fully saturated rings. The van der Waals surface area contributed by atoms with Gasteiger partial charge in [0.15, 0.2) is 0 Å². The van der Waals surface area contributed by atoms with E-state index < -0.39 is 21.9 Å². The molecule has 2 saturated carbocycles. The van der Waals surface area contributed by atoms with Crippen molar-refractivity contribution in [2.45, 2.75) is 50.6 Å². The van der Waals surface area contributed by atoms with Crippen LogP contribution < -0.4 is 11.2 Å². The third-order valence-electron chi connectivity index (χ3n) is 6.24. The first-order valence-electron chi connectivity index (χ1n) is 10.2. The lowest BCUT2D eigenvalue weighted by atomic mass is 9.91. The predicted molar refractivity (Wildman–Crippen MR) is 110 cm³/mol. The van der Waals surface area contributed by atoms with Crippen molar-refractivity contribution in [1.29, 1.82) is 0 Å². The zero-order valence-corrected chi connectivity index (χ0v) is 16.3. The summed E-state index contributed by atoms with van der Waals surface area (Å²) in [6.07, 6.45) is 7.91. The summed E-state index contributed by atoms with van der Waals surface area (Å²) in [7, 11) is 0. The Morgan fingerprint density at radius 1 is 0.967 bits per heavy atom. The number of rotatable bonds is 5. The highest BCUT2D eigenvalue weighted by Crippen LogP contribution is 2.38. The summed E-state index contributed by atoms with van der Waals surface area (Å²) in [4.78, 5) is 37.8. The molecule has 0 unspecified atom stereocenters. The van der Waals surface area contributed by atoms with E-state index in [0.29, 0.717) is 18.4 Å². The Balaban J connectivity index is 1.77. The van der Waals surface area contributed by atoms with Gasteiger partial charge in [0, 0.05) is 23.8 Å². The highest BCUT2D eigenvalue weighted by molar-refractivity contribution is 5.69. The van der Waals surface area contributed by atoms with Crippen molar-refractivity contribution in [2.75, 3.05) is 0 Å². The van der Waals surface area contributed by atoms with Gasteiger partial charge < -0.3 is 0 Å². The standard InChI is InChI=1S/C21H21N5O4/c27-20-19(26(29)30)18(14-12-22-23(13-14)15-6-2-1-3-7-15)24(16-8-4-9-16)21(28)25(20)17-10-5-11-17/h1-3,6-7,12-13,16-17H,4-5,8-11H2. The number of nitrogens with zero attached hydrogens (tertiary/aromatic N) is 5. The number of nitro groups is 1. The van der Waals surface area contributed by atoms with Gasteiger partial charge in [-0.3, -0.25) is 24.0 Å². The van der Waals surface area contributed by atoms with Crippen LogP contribution in [0.2, 0.25) is 0 Å². The number of hydrogen-bond acceptors (Lipinski definition) is 5. The Kier molecular flexibility index (Phi) is 4.38. The normalized spacial score (nSPS) is 16.8. The first-order chi connectivity index (χ1) is 14.6. The van der Waals surface area contributed by atoms with Gasteiger partial charge in [-0.05, 0) is 50.7 Å². The van der Waals surface area contributed by atoms with Gasteiger partial charge in [0.1, 0.15) is 5.69 Å². The fourth-order valence-corrected chi connectivity index (χ4v) is 4.19. The van der Waals surface area contributed by atoms with Crippen LogP contribution in [0, 0.1) is 10.1 Å². The van der Waals surface area contributed by atoms with E-state index in [2.05, 4.69) is 5.10 Å². The van der Waals surface area contributed by atoms with Crippen molar-refractivity contribution >= 4 is 5.69 Å². The predicted octanol–water partition coefficient (Wildman–Crippen LogP) is 3.22. The van der Waals surface area contributed by atoms with Gasteiger partial charge in [0.2, 0.25) is 0 Å². The van der Waals surface area contributed by atoms with Crippen molar-refractivity contribution < 1.29 is 4.92 Å². The molecule has 5 rings (SSSR count). The first-order valence-corrected chi connectivity index (χ1v) is 10.2. The summed E-state index contributed by atoms with van der Waals surface area (Å²) in [6, 6.07) is 8.94. The van der Waals surface area contributed by atoms with Crippen molar-refractivity contribution in [3.05, 3.63) is 73.7 Å². The maximum absolute atomic E-state index is 13.4. The number of benzene rings is 1. The van der Waals surface area contributed by atoms with Crippen LogP contribution in [0.15, 0.2) is 52.3 Å². The SMILES string of the molecule is O=c1c([N+](=O)[O-])c(-c2cnn(-c3ccccc3)c2)n(C2CCC2)c(=O)n1C1CCC1. The van der Waals surface area contributed by atoms with E-state index in [0.717, 1.165) is 35.9 Å². The largest absolute Gasteiger partial charge is 0.358 e. The van der Waals surface area contributed by atoms with E-state index in [-0.39, 0.29) is 17.8 Å². The third-order valence-corrected chi connectivity index (χ3v) is 6.24. The minimum atomic E-state index is -0.812. The fourth-order valence-electron chi connectivity index (χ4n) is 4.19. The zero-order chi connectivity index (χ0) is 20.8. The third kappa shape index (κ3) is 2.80. The summed E-state index contributed by atoms with van der Waals surface area (Å²) in [5, 5.41) is 16.3. The minimum Gasteiger partial charge on any atom is -0.284 e. The molecule has 154 valence electrons. The number of para-hydroxylation sites is 1. The van der Waals surface area contributed by atoms with Crippen molar-refractivity contribution in [2.24, 2.45) is 0 Å². The zero-order valence-electron chi connectivity index (χ0n) is 16.3. The minimum absolute atomic E-state index is 0.0671. The molecular weight excluding hydrogens is 386 g/mol. The molecule has 0 N–H and O–H groups in total. The summed E-state index contributed by atoms with van der Waals surface area (Å²) in [5.74, 6) is 0. The van der Waals surface area contributed by atoms with Crippen LogP contribution in [0.3, 0.4) is 0 Å². The van der Waals surface area contributed by atoms with E-state index in [1.54, 1.807) is 10.9 Å². The fraction of sp³-hybridized carbons (Fsp3) is 0.381. The van der Waals surface area contributed by atoms with Gasteiger partial charge in [-0.25, -0.2) is 9.48 Å². The summed E-state index contributed by atoms with van der Waals surface area (Å²) in [5.41, 5.74) is -0.548. The second kappa shape index (κ2) is 7.08. The maximum atomic E-state index is 13.4. The first kappa shape index (κ1) is 18.5. The van der Waals surface area contributed by atoms with E-state index in [1.165, 1.54) is 10.8 Å². The molecule has 2 heterocycles. The molecule has 2 aliphatic rings. The lowest BCUT2D eigenvalue weighted by Crippen LogP contribution is -2.47. The van der Waals surface area contributed by atoms with E-state index in [4.69, 9.17) is 0 Å². The molecule has 0 aliphatic heterocycles. The van der Waals surface area contributed by atoms with Crippen molar-refractivity contribution in [1.82, 2.24) is 18.9 Å². The Bertz CT molecular complexity index is 1230. The molecule has 3 aromatic rings. The highest BCUT2D eigenvalue weighted by atomic mass is 16.6. The molecule has 0 bridgehead atoms. The van der Waals surface area contributed by atoms with Gasteiger partial charge >= 0.3 is 16.9 Å². The van der Waals surface area contributed by atoms with Crippen LogP contribution in [0.5, 0.6) is 0 Å². The molecule has 0 radical (unpaired) electrons. The van der Waals surface area contributed by atoms with Gasteiger partial charge in [0.25, 0.3) is 0 Å². The second-order valence-corrected chi connectivity index (χ2v) is 7.96. The summed E-state index contributed by atoms with van der Waals surface area (Å²) in [6.45, 7) is 0. The van der Waals surface area contributed by atoms with Crippen LogP contribution >= 0.6 is 0 Å². The molecular formula is C21H21N5O4. The van der Waals surface area contributed by atoms with Crippen LogP contribution in [-0.2, 0) is 0 Å². The molecule has 0 atom stereocenters. The average Bonchev–Trinajstić information content (AvgIpc) is 3.14. The van der Waals surface area contributed by atoms with Gasteiger partial charge in [-0.1, -0.05) is 18.2 Å². The molecule has 9 nitrogen and oxygen atoms in total.